The Labute approximate surface area is 180 Å². The van der Waals surface area contributed by atoms with Gasteiger partial charge in [0.05, 0.1) is 42.9 Å². The minimum Gasteiger partial charge on any atom is -0.465 e. The van der Waals surface area contributed by atoms with Gasteiger partial charge in [-0.15, -0.1) is 0 Å². The van der Waals surface area contributed by atoms with Crippen LogP contribution >= 0.6 is 0 Å². The van der Waals surface area contributed by atoms with Crippen molar-refractivity contribution in [2.24, 2.45) is 29.6 Å². The Bertz CT molecular complexity index is 635. The number of epoxide rings is 2. The van der Waals surface area contributed by atoms with E-state index in [1.54, 1.807) is 0 Å². The number of hydrogen-bond donors (Lipinski definition) is 0. The average Bonchev–Trinajstić information content (AvgIpc) is 3.62. The lowest BCUT2D eigenvalue weighted by molar-refractivity contribution is -0.164. The normalized spacial score (nSPS) is 41.1. The van der Waals surface area contributed by atoms with E-state index in [-0.39, 0.29) is 48.0 Å². The van der Waals surface area contributed by atoms with Gasteiger partial charge in [0.25, 0.3) is 0 Å². The Morgan fingerprint density at radius 2 is 1.40 bits per heavy atom. The van der Waals surface area contributed by atoms with E-state index in [1.807, 2.05) is 0 Å². The fourth-order valence-corrected chi connectivity index (χ4v) is 5.57. The summed E-state index contributed by atoms with van der Waals surface area (Å²) in [5.41, 5.74) is 0. The lowest BCUT2D eigenvalue weighted by Crippen LogP contribution is -2.37. The van der Waals surface area contributed by atoms with Gasteiger partial charge in [0, 0.05) is 5.92 Å². The Kier molecular flexibility index (Phi) is 6.73. The SMILES string of the molecule is CCCC(OC(=O)C1CC2OC2CC1C)C(CC)COC(=O)C1CC2OC2CC1C. The Morgan fingerprint density at radius 3 is 1.93 bits per heavy atom. The maximum absolute atomic E-state index is 12.9. The van der Waals surface area contributed by atoms with Crippen molar-refractivity contribution >= 4 is 11.9 Å². The second kappa shape index (κ2) is 9.15. The van der Waals surface area contributed by atoms with Gasteiger partial charge in [-0.3, -0.25) is 9.59 Å². The summed E-state index contributed by atoms with van der Waals surface area (Å²) < 4.78 is 23.0. The minimum absolute atomic E-state index is 0.0329. The van der Waals surface area contributed by atoms with Crippen LogP contribution in [0.2, 0.25) is 0 Å². The molecule has 10 atom stereocenters. The van der Waals surface area contributed by atoms with Crippen LogP contribution < -0.4 is 0 Å². The summed E-state index contributed by atoms with van der Waals surface area (Å²) in [5.74, 6) is 0.252. The molecule has 2 aliphatic heterocycles. The standard InChI is InChI=1S/C24H38O6/c1-5-7-18(30-24(26)17-11-22-20(29-22)9-14(17)4)15(6-2)12-27-23(25)16-10-21-19(28-21)8-13(16)3/h13-22H,5-12H2,1-4H3. The average molecular weight is 423 g/mol. The van der Waals surface area contributed by atoms with E-state index >= 15 is 0 Å². The van der Waals surface area contributed by atoms with Gasteiger partial charge < -0.3 is 18.9 Å². The Hall–Kier alpha value is -1.14. The summed E-state index contributed by atoms with van der Waals surface area (Å²) in [5, 5.41) is 0. The van der Waals surface area contributed by atoms with Crippen molar-refractivity contribution < 1.29 is 28.5 Å². The number of ether oxygens (including phenoxy) is 4. The smallest absolute Gasteiger partial charge is 0.309 e. The first kappa shape index (κ1) is 22.1. The van der Waals surface area contributed by atoms with Gasteiger partial charge in [-0.05, 0) is 50.4 Å². The number of esters is 2. The van der Waals surface area contributed by atoms with E-state index in [1.165, 1.54) is 0 Å². The van der Waals surface area contributed by atoms with E-state index in [2.05, 4.69) is 27.7 Å². The van der Waals surface area contributed by atoms with Crippen LogP contribution in [-0.2, 0) is 28.5 Å². The van der Waals surface area contributed by atoms with Gasteiger partial charge >= 0.3 is 11.9 Å². The fraction of sp³-hybridized carbons (Fsp3) is 0.917. The largest absolute Gasteiger partial charge is 0.465 e. The molecule has 30 heavy (non-hydrogen) atoms. The van der Waals surface area contributed by atoms with Gasteiger partial charge in [-0.25, -0.2) is 0 Å². The summed E-state index contributed by atoms with van der Waals surface area (Å²) in [4.78, 5) is 25.7. The van der Waals surface area contributed by atoms with Crippen molar-refractivity contribution in [1.29, 1.82) is 0 Å². The number of carbonyl (C=O) groups excluding carboxylic acids is 2. The minimum atomic E-state index is -0.203. The molecular weight excluding hydrogens is 384 g/mol. The van der Waals surface area contributed by atoms with Crippen molar-refractivity contribution in [2.45, 2.75) is 103 Å². The van der Waals surface area contributed by atoms with E-state index in [0.717, 1.165) is 44.9 Å². The van der Waals surface area contributed by atoms with E-state index in [0.29, 0.717) is 30.7 Å². The van der Waals surface area contributed by atoms with Gasteiger partial charge in [0.2, 0.25) is 0 Å². The molecule has 6 nitrogen and oxygen atoms in total. The first-order valence-electron chi connectivity index (χ1n) is 12.1. The number of fused-ring (bicyclic) bond motifs is 2. The lowest BCUT2D eigenvalue weighted by atomic mass is 9.80. The monoisotopic (exact) mass is 422 g/mol. The Morgan fingerprint density at radius 1 is 0.867 bits per heavy atom. The first-order valence-corrected chi connectivity index (χ1v) is 12.1. The second-order valence-electron chi connectivity index (χ2n) is 10.1. The van der Waals surface area contributed by atoms with Crippen molar-refractivity contribution in [1.82, 2.24) is 0 Å². The number of carbonyl (C=O) groups is 2. The molecule has 6 heteroatoms. The van der Waals surface area contributed by atoms with Crippen LogP contribution in [0.4, 0.5) is 0 Å². The van der Waals surface area contributed by atoms with Crippen LogP contribution in [-0.4, -0.2) is 49.1 Å². The van der Waals surface area contributed by atoms with E-state index in [4.69, 9.17) is 18.9 Å². The number of hydrogen-bond acceptors (Lipinski definition) is 6. The Balaban J connectivity index is 1.30. The molecule has 2 aliphatic carbocycles. The molecule has 4 fully saturated rings. The summed E-state index contributed by atoms with van der Waals surface area (Å²) in [6.07, 6.45) is 7.00. The van der Waals surface area contributed by atoms with Crippen LogP contribution in [0.3, 0.4) is 0 Å². The molecule has 170 valence electrons. The zero-order valence-corrected chi connectivity index (χ0v) is 18.9. The van der Waals surface area contributed by atoms with Crippen molar-refractivity contribution in [3.8, 4) is 0 Å². The van der Waals surface area contributed by atoms with Gasteiger partial charge in [0.15, 0.2) is 0 Å². The van der Waals surface area contributed by atoms with E-state index < -0.39 is 0 Å². The molecule has 2 saturated carbocycles. The quantitative estimate of drug-likeness (QED) is 0.414. The third kappa shape index (κ3) is 4.85. The molecule has 10 unspecified atom stereocenters. The molecule has 0 radical (unpaired) electrons. The molecule has 0 aromatic rings. The molecular formula is C24H38O6. The molecule has 2 heterocycles. The van der Waals surface area contributed by atoms with Crippen LogP contribution in [0.1, 0.15) is 72.6 Å². The highest BCUT2D eigenvalue weighted by molar-refractivity contribution is 5.74. The van der Waals surface area contributed by atoms with Crippen LogP contribution in [0.5, 0.6) is 0 Å². The predicted molar refractivity (Wildman–Crippen MR) is 111 cm³/mol. The third-order valence-electron chi connectivity index (χ3n) is 7.87. The molecule has 0 N–H and O–H groups in total. The molecule has 4 aliphatic rings. The number of rotatable bonds is 9. The zero-order valence-electron chi connectivity index (χ0n) is 18.9. The van der Waals surface area contributed by atoms with Crippen molar-refractivity contribution in [3.05, 3.63) is 0 Å². The van der Waals surface area contributed by atoms with Crippen molar-refractivity contribution in [3.63, 3.8) is 0 Å². The van der Waals surface area contributed by atoms with Gasteiger partial charge in [-0.2, -0.15) is 0 Å². The summed E-state index contributed by atoms with van der Waals surface area (Å²) in [6, 6.07) is 0. The predicted octanol–water partition coefficient (Wildman–Crippen LogP) is 3.89. The van der Waals surface area contributed by atoms with Crippen LogP contribution in [0.25, 0.3) is 0 Å². The molecule has 0 aromatic heterocycles. The first-order chi connectivity index (χ1) is 14.4. The third-order valence-corrected chi connectivity index (χ3v) is 7.87. The fourth-order valence-electron chi connectivity index (χ4n) is 5.57. The van der Waals surface area contributed by atoms with Crippen molar-refractivity contribution in [2.75, 3.05) is 6.61 Å². The highest BCUT2D eigenvalue weighted by Crippen LogP contribution is 2.44. The summed E-state index contributed by atoms with van der Waals surface area (Å²) >= 11 is 0. The van der Waals surface area contributed by atoms with Gasteiger partial charge in [-0.1, -0.05) is 34.1 Å². The van der Waals surface area contributed by atoms with E-state index in [9.17, 15) is 9.59 Å². The van der Waals surface area contributed by atoms with Crippen LogP contribution in [0, 0.1) is 29.6 Å². The lowest BCUT2D eigenvalue weighted by Gasteiger charge is -2.31. The molecule has 0 bridgehead atoms. The van der Waals surface area contributed by atoms with Crippen LogP contribution in [0.15, 0.2) is 0 Å². The molecule has 0 aromatic carbocycles. The molecule has 4 rings (SSSR count). The molecule has 0 amide bonds. The highest BCUT2D eigenvalue weighted by Gasteiger charge is 2.50. The maximum Gasteiger partial charge on any atom is 0.309 e. The molecule has 0 spiro atoms. The topological polar surface area (TPSA) is 77.7 Å². The summed E-state index contributed by atoms with van der Waals surface area (Å²) in [7, 11) is 0. The summed E-state index contributed by atoms with van der Waals surface area (Å²) in [6.45, 7) is 8.73. The zero-order chi connectivity index (χ0) is 21.4. The maximum atomic E-state index is 12.9. The highest BCUT2D eigenvalue weighted by atomic mass is 16.6. The van der Waals surface area contributed by atoms with Gasteiger partial charge in [0.1, 0.15) is 6.10 Å². The molecule has 2 saturated heterocycles. The second-order valence-corrected chi connectivity index (χ2v) is 10.1.